The molecule has 2 heterocycles. The number of esters is 1. The number of aromatic nitrogens is 4. The molecule has 0 spiro atoms. The Kier molecular flexibility index (Phi) is 5.60. The van der Waals surface area contributed by atoms with Gasteiger partial charge in [0, 0.05) is 13.6 Å². The molecule has 0 fully saturated rings. The smallest absolute Gasteiger partial charge is 0.326 e. The van der Waals surface area contributed by atoms with Crippen molar-refractivity contribution in [2.45, 2.75) is 13.0 Å². The number of aryl methyl sites for hydroxylation is 1. The van der Waals surface area contributed by atoms with E-state index in [4.69, 9.17) is 4.74 Å². The first-order valence-corrected chi connectivity index (χ1v) is 8.38. The fraction of sp³-hybridized carbons (Fsp3) is 0.278. The van der Waals surface area contributed by atoms with Crippen molar-refractivity contribution in [3.8, 4) is 0 Å². The van der Waals surface area contributed by atoms with E-state index in [1.807, 2.05) is 30.3 Å². The van der Waals surface area contributed by atoms with Crippen molar-refractivity contribution in [3.05, 3.63) is 58.8 Å². The van der Waals surface area contributed by atoms with Gasteiger partial charge in [-0.2, -0.15) is 5.10 Å². The molecular weight excluding hydrogens is 350 g/mol. The summed E-state index contributed by atoms with van der Waals surface area (Å²) in [5.74, 6) is -1.09. The van der Waals surface area contributed by atoms with E-state index in [1.165, 1.54) is 17.2 Å². The number of carbonyl (C=O) groups excluding carboxylic acids is 2. The monoisotopic (exact) mass is 369 g/mol. The predicted molar refractivity (Wildman–Crippen MR) is 96.9 cm³/mol. The van der Waals surface area contributed by atoms with Gasteiger partial charge in [-0.05, 0) is 12.0 Å². The van der Waals surface area contributed by atoms with Crippen LogP contribution in [-0.4, -0.2) is 44.4 Å². The van der Waals surface area contributed by atoms with Crippen molar-refractivity contribution in [1.82, 2.24) is 24.6 Å². The van der Waals surface area contributed by atoms with E-state index < -0.39 is 24.0 Å². The average Bonchev–Trinajstić information content (AvgIpc) is 3.05. The van der Waals surface area contributed by atoms with Crippen LogP contribution in [0.4, 0.5) is 0 Å². The molecule has 0 aliphatic rings. The normalized spacial score (nSPS) is 10.7. The van der Waals surface area contributed by atoms with Gasteiger partial charge in [0.05, 0.1) is 6.20 Å². The fourth-order valence-corrected chi connectivity index (χ4v) is 2.55. The summed E-state index contributed by atoms with van der Waals surface area (Å²) in [6.07, 6.45) is 3.34. The Morgan fingerprint density at radius 3 is 2.78 bits per heavy atom. The molecule has 0 aliphatic heterocycles. The van der Waals surface area contributed by atoms with Crippen molar-refractivity contribution < 1.29 is 14.3 Å². The number of ether oxygens (including phenoxy) is 1. The van der Waals surface area contributed by atoms with Crippen LogP contribution in [0.15, 0.2) is 47.7 Å². The van der Waals surface area contributed by atoms with Crippen LogP contribution in [0.25, 0.3) is 11.0 Å². The number of rotatable bonds is 7. The zero-order valence-corrected chi connectivity index (χ0v) is 14.8. The summed E-state index contributed by atoms with van der Waals surface area (Å²) in [5.41, 5.74) is 1.15. The molecule has 1 aromatic carbocycles. The number of nitrogens with zero attached hydrogens (tertiary/aromatic N) is 4. The minimum atomic E-state index is -0.694. The lowest BCUT2D eigenvalue weighted by Gasteiger charge is -2.08. The lowest BCUT2D eigenvalue weighted by molar-refractivity contribution is -0.149. The Balaban J connectivity index is 1.46. The summed E-state index contributed by atoms with van der Waals surface area (Å²) in [6, 6.07) is 9.72. The first-order chi connectivity index (χ1) is 13.0. The van der Waals surface area contributed by atoms with Gasteiger partial charge in [-0.15, -0.1) is 0 Å². The molecule has 0 aliphatic carbocycles. The molecule has 2 aromatic heterocycles. The molecule has 1 amide bonds. The highest BCUT2D eigenvalue weighted by atomic mass is 16.5. The highest BCUT2D eigenvalue weighted by Gasteiger charge is 2.12. The molecule has 0 saturated carbocycles. The van der Waals surface area contributed by atoms with Crippen LogP contribution in [0.5, 0.6) is 0 Å². The van der Waals surface area contributed by atoms with Crippen LogP contribution in [0, 0.1) is 0 Å². The van der Waals surface area contributed by atoms with Gasteiger partial charge in [-0.3, -0.25) is 23.6 Å². The van der Waals surface area contributed by atoms with Crippen molar-refractivity contribution >= 4 is 22.9 Å². The number of benzene rings is 1. The predicted octanol–water partition coefficient (Wildman–Crippen LogP) is 0.0321. The van der Waals surface area contributed by atoms with Crippen LogP contribution < -0.4 is 10.9 Å². The summed E-state index contributed by atoms with van der Waals surface area (Å²) >= 11 is 0. The van der Waals surface area contributed by atoms with Crippen molar-refractivity contribution in [1.29, 1.82) is 0 Å². The van der Waals surface area contributed by atoms with Crippen LogP contribution >= 0.6 is 0 Å². The third-order valence-electron chi connectivity index (χ3n) is 3.96. The van der Waals surface area contributed by atoms with E-state index in [0.29, 0.717) is 24.0 Å². The van der Waals surface area contributed by atoms with Crippen molar-refractivity contribution in [2.75, 3.05) is 13.2 Å². The first kappa shape index (κ1) is 18.3. The molecule has 0 bridgehead atoms. The van der Waals surface area contributed by atoms with Gasteiger partial charge in [0.1, 0.15) is 18.3 Å². The summed E-state index contributed by atoms with van der Waals surface area (Å²) < 4.78 is 7.52. The Labute approximate surface area is 154 Å². The van der Waals surface area contributed by atoms with E-state index in [-0.39, 0.29) is 6.54 Å². The molecule has 0 unspecified atom stereocenters. The van der Waals surface area contributed by atoms with Gasteiger partial charge in [0.2, 0.25) is 0 Å². The second kappa shape index (κ2) is 8.26. The minimum absolute atomic E-state index is 0.312. The number of hydrogen-bond donors (Lipinski definition) is 1. The van der Waals surface area contributed by atoms with Crippen molar-refractivity contribution in [2.24, 2.45) is 7.05 Å². The van der Waals surface area contributed by atoms with E-state index >= 15 is 0 Å². The third kappa shape index (κ3) is 4.57. The van der Waals surface area contributed by atoms with E-state index in [1.54, 1.807) is 7.05 Å². The SMILES string of the molecule is Cn1ncc2c(=O)n(CC(=O)OCC(=O)NCCc3ccccc3)cnc21. The van der Waals surface area contributed by atoms with Crippen LogP contribution in [0.3, 0.4) is 0 Å². The Morgan fingerprint density at radius 2 is 2.00 bits per heavy atom. The third-order valence-corrected chi connectivity index (χ3v) is 3.96. The molecule has 27 heavy (non-hydrogen) atoms. The molecule has 140 valence electrons. The van der Waals surface area contributed by atoms with Crippen LogP contribution in [-0.2, 0) is 34.3 Å². The second-order valence-corrected chi connectivity index (χ2v) is 5.93. The summed E-state index contributed by atoms with van der Waals surface area (Å²) in [7, 11) is 1.67. The lowest BCUT2D eigenvalue weighted by Crippen LogP contribution is -2.32. The molecule has 0 radical (unpaired) electrons. The summed E-state index contributed by atoms with van der Waals surface area (Å²) in [4.78, 5) is 40.0. The lowest BCUT2D eigenvalue weighted by atomic mass is 10.1. The van der Waals surface area contributed by atoms with E-state index in [0.717, 1.165) is 10.1 Å². The van der Waals surface area contributed by atoms with Gasteiger partial charge < -0.3 is 10.1 Å². The fourth-order valence-electron chi connectivity index (χ4n) is 2.55. The number of hydrogen-bond acceptors (Lipinski definition) is 6. The maximum Gasteiger partial charge on any atom is 0.326 e. The molecule has 0 atom stereocenters. The van der Waals surface area contributed by atoms with Gasteiger partial charge in [-0.25, -0.2) is 4.98 Å². The topological polar surface area (TPSA) is 108 Å². The summed E-state index contributed by atoms with van der Waals surface area (Å²) in [5, 5.41) is 6.95. The Hall–Kier alpha value is -3.49. The largest absolute Gasteiger partial charge is 0.454 e. The molecule has 9 nitrogen and oxygen atoms in total. The van der Waals surface area contributed by atoms with E-state index in [2.05, 4.69) is 15.4 Å². The second-order valence-electron chi connectivity index (χ2n) is 5.93. The zero-order chi connectivity index (χ0) is 19.2. The van der Waals surface area contributed by atoms with Gasteiger partial charge >= 0.3 is 5.97 Å². The first-order valence-electron chi connectivity index (χ1n) is 8.38. The molecular formula is C18H19N5O4. The molecule has 3 rings (SSSR count). The maximum atomic E-state index is 12.3. The Bertz CT molecular complexity index is 1010. The van der Waals surface area contributed by atoms with Gasteiger partial charge in [-0.1, -0.05) is 30.3 Å². The molecule has 3 aromatic rings. The number of carbonyl (C=O) groups is 2. The number of nitrogens with one attached hydrogen (secondary N) is 1. The highest BCUT2D eigenvalue weighted by molar-refractivity contribution is 5.80. The van der Waals surface area contributed by atoms with E-state index in [9.17, 15) is 14.4 Å². The number of amides is 1. The van der Waals surface area contributed by atoms with Crippen molar-refractivity contribution in [3.63, 3.8) is 0 Å². The quantitative estimate of drug-likeness (QED) is 0.589. The average molecular weight is 369 g/mol. The number of fused-ring (bicyclic) bond motifs is 1. The van der Waals surface area contributed by atoms with Gasteiger partial charge in [0.25, 0.3) is 11.5 Å². The summed E-state index contributed by atoms with van der Waals surface area (Å²) in [6.45, 7) is -0.277. The maximum absolute atomic E-state index is 12.3. The minimum Gasteiger partial charge on any atom is -0.454 e. The van der Waals surface area contributed by atoms with Gasteiger partial charge in [0.15, 0.2) is 12.3 Å². The highest BCUT2D eigenvalue weighted by Crippen LogP contribution is 2.03. The molecule has 0 saturated heterocycles. The molecule has 9 heteroatoms. The molecule has 1 N–H and O–H groups in total. The van der Waals surface area contributed by atoms with Crippen LogP contribution in [0.1, 0.15) is 5.56 Å². The van der Waals surface area contributed by atoms with Crippen LogP contribution in [0.2, 0.25) is 0 Å². The standard InChI is InChI=1S/C18H19N5O4/c1-22-17-14(9-21-22)18(26)23(12-20-17)10-16(25)27-11-15(24)19-8-7-13-5-3-2-4-6-13/h2-6,9,12H,7-8,10-11H2,1H3,(H,19,24). The Morgan fingerprint density at radius 1 is 1.22 bits per heavy atom. The zero-order valence-electron chi connectivity index (χ0n) is 14.8.